The van der Waals surface area contributed by atoms with Crippen molar-refractivity contribution in [1.82, 2.24) is 25.9 Å². The number of benzene rings is 1. The number of carboxylic acid groups (broad SMARTS) is 1. The quantitative estimate of drug-likeness (QED) is 0.167. The van der Waals surface area contributed by atoms with Crippen LogP contribution < -0.4 is 21.7 Å². The zero-order valence-corrected chi connectivity index (χ0v) is 19.3. The van der Waals surface area contributed by atoms with Crippen LogP contribution in [0, 0.1) is 0 Å². The van der Waals surface area contributed by atoms with E-state index in [1.165, 1.54) is 31.6 Å². The van der Waals surface area contributed by atoms with Gasteiger partial charge >= 0.3 is 5.97 Å². The number of phenolic OH excluding ortho intramolecular Hbond substituents is 1. The van der Waals surface area contributed by atoms with E-state index < -0.39 is 47.9 Å². The first kappa shape index (κ1) is 26.7. The first-order chi connectivity index (χ1) is 16.1. The number of carboxylic acids is 1. The third-order valence-electron chi connectivity index (χ3n) is 4.89. The maximum absolute atomic E-state index is 13.0. The minimum absolute atomic E-state index is 0.0368. The van der Waals surface area contributed by atoms with Gasteiger partial charge in [0.25, 0.3) is 0 Å². The number of H-pyrrole nitrogens is 1. The molecule has 3 amide bonds. The fourth-order valence-electron chi connectivity index (χ4n) is 2.92. The number of aliphatic carboxylic acids is 1. The van der Waals surface area contributed by atoms with Crippen molar-refractivity contribution < 1.29 is 29.4 Å². The Morgan fingerprint density at radius 1 is 1.03 bits per heavy atom. The number of hydrogen-bond donors (Lipinski definition) is 8. The minimum atomic E-state index is -1.23. The number of imidazole rings is 1. The van der Waals surface area contributed by atoms with Crippen LogP contribution in [0.1, 0.15) is 18.2 Å². The fourth-order valence-corrected chi connectivity index (χ4v) is 3.18. The summed E-state index contributed by atoms with van der Waals surface area (Å²) < 4.78 is 0. The second-order valence-electron chi connectivity index (χ2n) is 7.63. The standard InChI is InChI=1S/C21H28N6O6S/c1-11(21(32)33)25-20(31)17(9-34)27-19(30)16(6-12-2-4-14(28)5-3-12)26-18(29)15(22)7-13-8-23-10-24-13/h2-5,8,10-11,15-17,28,34H,6-7,9,22H2,1H3,(H,23,24)(H,25,31)(H,26,29)(H,27,30)(H,32,33). The highest BCUT2D eigenvalue weighted by molar-refractivity contribution is 7.80. The van der Waals surface area contributed by atoms with Gasteiger partial charge in [0.15, 0.2) is 0 Å². The first-order valence-corrected chi connectivity index (χ1v) is 11.0. The largest absolute Gasteiger partial charge is 0.508 e. The molecule has 0 saturated heterocycles. The zero-order valence-electron chi connectivity index (χ0n) is 18.4. The van der Waals surface area contributed by atoms with Crippen LogP contribution in [0.25, 0.3) is 0 Å². The highest BCUT2D eigenvalue weighted by Crippen LogP contribution is 2.12. The summed E-state index contributed by atoms with van der Waals surface area (Å²) in [5, 5.41) is 25.8. The number of nitrogens with zero attached hydrogens (tertiary/aromatic N) is 1. The van der Waals surface area contributed by atoms with Crippen LogP contribution >= 0.6 is 12.6 Å². The van der Waals surface area contributed by atoms with Gasteiger partial charge in [0, 0.05) is 30.5 Å². The summed E-state index contributed by atoms with van der Waals surface area (Å²) in [6.07, 6.45) is 3.19. The average molecular weight is 493 g/mol. The van der Waals surface area contributed by atoms with Crippen molar-refractivity contribution in [3.8, 4) is 5.75 Å². The third-order valence-corrected chi connectivity index (χ3v) is 5.25. The van der Waals surface area contributed by atoms with Crippen molar-refractivity contribution in [3.05, 3.63) is 48.0 Å². The number of aromatic nitrogens is 2. The van der Waals surface area contributed by atoms with E-state index in [1.54, 1.807) is 12.1 Å². The molecule has 4 unspecified atom stereocenters. The Kier molecular flexibility index (Phi) is 9.89. The van der Waals surface area contributed by atoms with Crippen LogP contribution in [0.3, 0.4) is 0 Å². The lowest BCUT2D eigenvalue weighted by atomic mass is 10.0. The van der Waals surface area contributed by atoms with E-state index in [0.717, 1.165) is 0 Å². The van der Waals surface area contributed by atoms with Gasteiger partial charge in [0.1, 0.15) is 23.9 Å². The number of phenols is 1. The Labute approximate surface area is 201 Å². The lowest BCUT2D eigenvalue weighted by Gasteiger charge is -2.24. The van der Waals surface area contributed by atoms with Crippen LogP contribution in [0.4, 0.5) is 0 Å². The molecule has 0 aliphatic rings. The molecule has 184 valence electrons. The zero-order chi connectivity index (χ0) is 25.3. The first-order valence-electron chi connectivity index (χ1n) is 10.4. The number of hydrogen-bond acceptors (Lipinski definition) is 8. The molecule has 1 aromatic carbocycles. The predicted octanol–water partition coefficient (Wildman–Crippen LogP) is -1.28. The van der Waals surface area contributed by atoms with E-state index >= 15 is 0 Å². The molecule has 0 aliphatic carbocycles. The van der Waals surface area contributed by atoms with Crippen molar-refractivity contribution in [1.29, 1.82) is 0 Å². The number of carbonyl (C=O) groups is 4. The summed E-state index contributed by atoms with van der Waals surface area (Å²) in [6, 6.07) is 1.65. The molecule has 0 saturated carbocycles. The number of carbonyl (C=O) groups excluding carboxylic acids is 3. The summed E-state index contributed by atoms with van der Waals surface area (Å²) in [6.45, 7) is 1.28. The molecule has 34 heavy (non-hydrogen) atoms. The highest BCUT2D eigenvalue weighted by Gasteiger charge is 2.29. The van der Waals surface area contributed by atoms with E-state index in [9.17, 15) is 24.3 Å². The molecule has 1 heterocycles. The number of aromatic hydroxyl groups is 1. The molecule has 0 aliphatic heterocycles. The van der Waals surface area contributed by atoms with Gasteiger partial charge in [-0.25, -0.2) is 4.98 Å². The molecule has 0 fully saturated rings. The van der Waals surface area contributed by atoms with E-state index in [4.69, 9.17) is 10.8 Å². The molecule has 2 rings (SSSR count). The summed E-state index contributed by atoms with van der Waals surface area (Å²) in [5.74, 6) is -3.32. The SMILES string of the molecule is CC(NC(=O)C(CS)NC(=O)C(Cc1ccc(O)cc1)NC(=O)C(N)Cc1cnc[nH]1)C(=O)O. The monoisotopic (exact) mass is 492 g/mol. The van der Waals surface area contributed by atoms with Gasteiger partial charge in [-0.15, -0.1) is 0 Å². The number of aromatic amines is 1. The lowest BCUT2D eigenvalue weighted by molar-refractivity contribution is -0.141. The van der Waals surface area contributed by atoms with Crippen molar-refractivity contribution in [2.45, 2.75) is 43.9 Å². The van der Waals surface area contributed by atoms with Crippen LogP contribution in [-0.4, -0.2) is 73.8 Å². The van der Waals surface area contributed by atoms with E-state index in [2.05, 4.69) is 38.5 Å². The summed E-state index contributed by atoms with van der Waals surface area (Å²) in [5.41, 5.74) is 7.24. The third kappa shape index (κ3) is 8.08. The topological polar surface area (TPSA) is 200 Å². The van der Waals surface area contributed by atoms with E-state index in [1.807, 2.05) is 0 Å². The van der Waals surface area contributed by atoms with Gasteiger partial charge in [0.05, 0.1) is 12.4 Å². The molecule has 4 atom stereocenters. The maximum Gasteiger partial charge on any atom is 0.325 e. The maximum atomic E-state index is 13.0. The lowest BCUT2D eigenvalue weighted by Crippen LogP contribution is -2.58. The van der Waals surface area contributed by atoms with Gasteiger partial charge in [0.2, 0.25) is 17.7 Å². The normalized spacial score (nSPS) is 14.3. The van der Waals surface area contributed by atoms with Crippen molar-refractivity contribution in [2.75, 3.05) is 5.75 Å². The molecule has 0 radical (unpaired) electrons. The second kappa shape index (κ2) is 12.6. The van der Waals surface area contributed by atoms with Gasteiger partial charge in [-0.1, -0.05) is 12.1 Å². The molecule has 13 heteroatoms. The Balaban J connectivity index is 2.13. The number of amides is 3. The highest BCUT2D eigenvalue weighted by atomic mass is 32.1. The van der Waals surface area contributed by atoms with Gasteiger partial charge in [-0.05, 0) is 24.6 Å². The molecule has 0 bridgehead atoms. The number of nitrogens with two attached hydrogens (primary N) is 1. The summed E-state index contributed by atoms with van der Waals surface area (Å²) >= 11 is 4.07. The van der Waals surface area contributed by atoms with Crippen LogP contribution in [0.5, 0.6) is 5.75 Å². The minimum Gasteiger partial charge on any atom is -0.508 e. The predicted molar refractivity (Wildman–Crippen MR) is 125 cm³/mol. The van der Waals surface area contributed by atoms with Crippen molar-refractivity contribution in [2.24, 2.45) is 5.73 Å². The molecular weight excluding hydrogens is 464 g/mol. The number of rotatable bonds is 12. The summed E-state index contributed by atoms with van der Waals surface area (Å²) in [7, 11) is 0. The number of nitrogens with one attached hydrogen (secondary N) is 4. The van der Waals surface area contributed by atoms with Crippen molar-refractivity contribution >= 4 is 36.3 Å². The van der Waals surface area contributed by atoms with Gasteiger partial charge in [-0.2, -0.15) is 12.6 Å². The fraction of sp³-hybridized carbons (Fsp3) is 0.381. The Morgan fingerprint density at radius 2 is 1.65 bits per heavy atom. The Morgan fingerprint density at radius 3 is 2.21 bits per heavy atom. The average Bonchev–Trinajstić information content (AvgIpc) is 3.30. The molecule has 0 spiro atoms. The van der Waals surface area contributed by atoms with Crippen LogP contribution in [-0.2, 0) is 32.0 Å². The second-order valence-corrected chi connectivity index (χ2v) is 8.00. The number of thiol groups is 1. The van der Waals surface area contributed by atoms with Gasteiger partial charge < -0.3 is 36.9 Å². The molecule has 12 nitrogen and oxygen atoms in total. The molecule has 8 N–H and O–H groups in total. The van der Waals surface area contributed by atoms with E-state index in [-0.39, 0.29) is 24.3 Å². The Hall–Kier alpha value is -3.58. The van der Waals surface area contributed by atoms with Gasteiger partial charge in [-0.3, -0.25) is 19.2 Å². The smallest absolute Gasteiger partial charge is 0.325 e. The van der Waals surface area contributed by atoms with Crippen molar-refractivity contribution in [3.63, 3.8) is 0 Å². The van der Waals surface area contributed by atoms with Crippen LogP contribution in [0.2, 0.25) is 0 Å². The molecule has 2 aromatic rings. The van der Waals surface area contributed by atoms with E-state index in [0.29, 0.717) is 11.3 Å². The van der Waals surface area contributed by atoms with Crippen LogP contribution in [0.15, 0.2) is 36.8 Å². The Bertz CT molecular complexity index is 984. The summed E-state index contributed by atoms with van der Waals surface area (Å²) in [4.78, 5) is 55.8. The molecule has 1 aromatic heterocycles. The molecular formula is C21H28N6O6S.